The van der Waals surface area contributed by atoms with Crippen molar-refractivity contribution in [3.05, 3.63) is 58.5 Å². The third kappa shape index (κ3) is 1.64. The molecule has 90 valence electrons. The molecule has 0 radical (unpaired) electrons. The molecule has 18 heavy (non-hydrogen) atoms. The summed E-state index contributed by atoms with van der Waals surface area (Å²) in [5.74, 6) is 0.754. The molecule has 0 saturated carbocycles. The Morgan fingerprint density at radius 1 is 1.28 bits per heavy atom. The smallest absolute Gasteiger partial charge is 0.350 e. The molecule has 0 spiro atoms. The van der Waals surface area contributed by atoms with Crippen LogP contribution < -0.4 is 5.69 Å². The van der Waals surface area contributed by atoms with Gasteiger partial charge in [-0.2, -0.15) is 0 Å². The van der Waals surface area contributed by atoms with Gasteiger partial charge in [-0.3, -0.25) is 9.20 Å². The molecule has 0 aliphatic carbocycles. The van der Waals surface area contributed by atoms with Crippen LogP contribution in [0.3, 0.4) is 0 Å². The Morgan fingerprint density at radius 2 is 2.17 bits per heavy atom. The van der Waals surface area contributed by atoms with E-state index in [-0.39, 0.29) is 18.0 Å². The highest BCUT2D eigenvalue weighted by atomic mass is 16.3. The van der Waals surface area contributed by atoms with E-state index in [4.69, 9.17) is 4.42 Å². The minimum atomic E-state index is -0.241. The predicted molar refractivity (Wildman–Crippen MR) is 62.6 cm³/mol. The maximum absolute atomic E-state index is 12.0. The maximum atomic E-state index is 12.0. The lowest BCUT2D eigenvalue weighted by atomic mass is 10.4. The molecule has 6 heteroatoms. The fourth-order valence-electron chi connectivity index (χ4n) is 1.76. The Hall–Kier alpha value is -2.63. The summed E-state index contributed by atoms with van der Waals surface area (Å²) < 4.78 is 7.95. The highest BCUT2D eigenvalue weighted by Gasteiger charge is 2.08. The summed E-state index contributed by atoms with van der Waals surface area (Å²) >= 11 is 0. The third-order valence-corrected chi connectivity index (χ3v) is 2.59. The van der Waals surface area contributed by atoms with Crippen molar-refractivity contribution in [3.8, 4) is 0 Å². The molecule has 0 atom stereocenters. The first kappa shape index (κ1) is 10.5. The van der Waals surface area contributed by atoms with E-state index in [2.05, 4.69) is 5.10 Å². The fourth-order valence-corrected chi connectivity index (χ4v) is 1.76. The van der Waals surface area contributed by atoms with E-state index < -0.39 is 0 Å². The minimum absolute atomic E-state index is 0.203. The third-order valence-electron chi connectivity index (χ3n) is 2.59. The van der Waals surface area contributed by atoms with E-state index in [0.29, 0.717) is 17.7 Å². The van der Waals surface area contributed by atoms with Crippen LogP contribution in [0.2, 0.25) is 0 Å². The van der Waals surface area contributed by atoms with Gasteiger partial charge in [-0.05, 0) is 24.3 Å². The molecule has 3 aromatic heterocycles. The number of carbonyl (C=O) groups is 1. The summed E-state index contributed by atoms with van der Waals surface area (Å²) in [5, 5.41) is 4.16. The molecule has 3 aromatic rings. The normalized spacial score (nSPS) is 10.9. The molecule has 3 rings (SSSR count). The molecule has 0 aliphatic heterocycles. The van der Waals surface area contributed by atoms with Gasteiger partial charge in [0.2, 0.25) is 0 Å². The van der Waals surface area contributed by atoms with E-state index in [1.807, 2.05) is 6.07 Å². The number of hydrogen-bond donors (Lipinski definition) is 0. The molecule has 0 fully saturated rings. The van der Waals surface area contributed by atoms with Gasteiger partial charge in [-0.25, -0.2) is 9.48 Å². The first-order valence-corrected chi connectivity index (χ1v) is 5.36. The first-order chi connectivity index (χ1) is 8.78. The van der Waals surface area contributed by atoms with Gasteiger partial charge < -0.3 is 4.42 Å². The van der Waals surface area contributed by atoms with Crippen LogP contribution in [0, 0.1) is 0 Å². The van der Waals surface area contributed by atoms with Crippen LogP contribution in [0.4, 0.5) is 0 Å². The second-order valence-electron chi connectivity index (χ2n) is 3.79. The summed E-state index contributed by atoms with van der Waals surface area (Å²) in [5.41, 5.74) is 0.333. The van der Waals surface area contributed by atoms with Crippen molar-refractivity contribution < 1.29 is 9.21 Å². The summed E-state index contributed by atoms with van der Waals surface area (Å²) in [6.45, 7) is 0.203. The number of aromatic nitrogens is 3. The van der Waals surface area contributed by atoms with Gasteiger partial charge in [-0.1, -0.05) is 6.07 Å². The summed E-state index contributed by atoms with van der Waals surface area (Å²) in [4.78, 5) is 22.5. The number of pyridine rings is 1. The Labute approximate surface area is 101 Å². The van der Waals surface area contributed by atoms with Gasteiger partial charge in [0, 0.05) is 6.20 Å². The lowest BCUT2D eigenvalue weighted by Gasteiger charge is -1.94. The number of furan rings is 1. The van der Waals surface area contributed by atoms with Crippen molar-refractivity contribution >= 4 is 11.9 Å². The van der Waals surface area contributed by atoms with Crippen molar-refractivity contribution in [1.82, 2.24) is 14.2 Å². The van der Waals surface area contributed by atoms with Crippen LogP contribution in [0.25, 0.3) is 5.65 Å². The molecule has 0 saturated heterocycles. The van der Waals surface area contributed by atoms with Crippen molar-refractivity contribution in [2.24, 2.45) is 0 Å². The van der Waals surface area contributed by atoms with Crippen LogP contribution in [-0.4, -0.2) is 20.5 Å². The molecule has 0 amide bonds. The van der Waals surface area contributed by atoms with Crippen LogP contribution in [0.5, 0.6) is 0 Å². The predicted octanol–water partition coefficient (Wildman–Crippen LogP) is 0.950. The van der Waals surface area contributed by atoms with E-state index in [1.165, 1.54) is 9.08 Å². The molecule has 0 N–H and O–H groups in total. The van der Waals surface area contributed by atoms with Gasteiger partial charge >= 0.3 is 5.69 Å². The number of hydrogen-bond acceptors (Lipinski definition) is 4. The minimum Gasteiger partial charge on any atom is -0.456 e. The molecule has 0 aromatic carbocycles. The Kier molecular flexibility index (Phi) is 2.33. The zero-order valence-electron chi connectivity index (χ0n) is 9.31. The molecule has 0 bridgehead atoms. The quantitative estimate of drug-likeness (QED) is 0.642. The Balaban J connectivity index is 2.02. The topological polar surface area (TPSA) is 69.5 Å². The van der Waals surface area contributed by atoms with Crippen LogP contribution in [0.15, 0.2) is 45.7 Å². The largest absolute Gasteiger partial charge is 0.456 e. The van der Waals surface area contributed by atoms with E-state index >= 15 is 0 Å². The second-order valence-corrected chi connectivity index (χ2v) is 3.79. The number of carbonyl (C=O) groups excluding carboxylic acids is 1. The van der Waals surface area contributed by atoms with Gasteiger partial charge in [0.1, 0.15) is 12.3 Å². The van der Waals surface area contributed by atoms with Crippen LogP contribution in [0.1, 0.15) is 16.3 Å². The Bertz CT molecular complexity index is 766. The van der Waals surface area contributed by atoms with Gasteiger partial charge in [-0.15, -0.1) is 5.10 Å². The molecule has 0 aliphatic rings. The van der Waals surface area contributed by atoms with E-state index in [9.17, 15) is 9.59 Å². The van der Waals surface area contributed by atoms with Crippen molar-refractivity contribution in [1.29, 1.82) is 0 Å². The zero-order valence-corrected chi connectivity index (χ0v) is 9.31. The molecular formula is C12H9N3O3. The average Bonchev–Trinajstić information content (AvgIpc) is 2.97. The highest BCUT2D eigenvalue weighted by molar-refractivity contribution is 5.70. The molecule has 3 heterocycles. The standard InChI is InChI=1S/C12H9N3O3/c16-8-10-5-4-9(18-10)7-15-12(17)14-6-2-1-3-11(14)13-15/h1-6,8H,7H2. The van der Waals surface area contributed by atoms with Gasteiger partial charge in [0.05, 0.1) is 0 Å². The first-order valence-electron chi connectivity index (χ1n) is 5.36. The molecular weight excluding hydrogens is 234 g/mol. The van der Waals surface area contributed by atoms with Gasteiger partial charge in [0.15, 0.2) is 17.7 Å². The van der Waals surface area contributed by atoms with Crippen LogP contribution >= 0.6 is 0 Å². The monoisotopic (exact) mass is 243 g/mol. The van der Waals surface area contributed by atoms with Crippen molar-refractivity contribution in [2.45, 2.75) is 6.54 Å². The van der Waals surface area contributed by atoms with E-state index in [1.54, 1.807) is 30.5 Å². The maximum Gasteiger partial charge on any atom is 0.350 e. The molecule has 6 nitrogen and oxygen atoms in total. The van der Waals surface area contributed by atoms with Crippen molar-refractivity contribution in [3.63, 3.8) is 0 Å². The molecule has 0 unspecified atom stereocenters. The lowest BCUT2D eigenvalue weighted by molar-refractivity contribution is 0.109. The highest BCUT2D eigenvalue weighted by Crippen LogP contribution is 2.06. The summed E-state index contributed by atoms with van der Waals surface area (Å²) in [6.07, 6.45) is 2.27. The summed E-state index contributed by atoms with van der Waals surface area (Å²) in [7, 11) is 0. The zero-order chi connectivity index (χ0) is 12.5. The number of aldehydes is 1. The average molecular weight is 243 g/mol. The van der Waals surface area contributed by atoms with Crippen LogP contribution in [-0.2, 0) is 6.54 Å². The number of rotatable bonds is 3. The Morgan fingerprint density at radius 3 is 2.89 bits per heavy atom. The number of fused-ring (bicyclic) bond motifs is 1. The van der Waals surface area contributed by atoms with Crippen molar-refractivity contribution in [2.75, 3.05) is 0 Å². The number of nitrogens with zero attached hydrogens (tertiary/aromatic N) is 3. The summed E-state index contributed by atoms with van der Waals surface area (Å²) in [6, 6.07) is 8.53. The van der Waals surface area contributed by atoms with Gasteiger partial charge in [0.25, 0.3) is 0 Å². The lowest BCUT2D eigenvalue weighted by Crippen LogP contribution is -2.21. The fraction of sp³-hybridized carbons (Fsp3) is 0.0833. The SMILES string of the molecule is O=Cc1ccc(Cn2nc3ccccn3c2=O)o1. The second kappa shape index (κ2) is 3.99. The van der Waals surface area contributed by atoms with E-state index in [0.717, 1.165) is 0 Å².